The topological polar surface area (TPSA) is 124 Å². The SMILES string of the molecule is COc1cccc2cc(/C=C/C(=O)NCCOc3ccc(C(N)=O)cc3O)oc12. The van der Waals surface area contributed by atoms with Crippen LogP contribution in [0.5, 0.6) is 17.2 Å². The van der Waals surface area contributed by atoms with Crippen molar-refractivity contribution >= 4 is 28.9 Å². The van der Waals surface area contributed by atoms with Gasteiger partial charge in [0, 0.05) is 17.0 Å². The lowest BCUT2D eigenvalue weighted by molar-refractivity contribution is -0.116. The average Bonchev–Trinajstić information content (AvgIpc) is 3.13. The molecule has 0 saturated heterocycles. The first-order valence-electron chi connectivity index (χ1n) is 8.76. The van der Waals surface area contributed by atoms with E-state index in [1.165, 1.54) is 24.3 Å². The molecule has 0 saturated carbocycles. The normalized spacial score (nSPS) is 10.9. The van der Waals surface area contributed by atoms with Gasteiger partial charge in [-0.1, -0.05) is 12.1 Å². The minimum Gasteiger partial charge on any atom is -0.504 e. The number of carbonyl (C=O) groups is 2. The third-order valence-corrected chi connectivity index (χ3v) is 4.05. The number of aromatic hydroxyl groups is 1. The fraction of sp³-hybridized carbons (Fsp3) is 0.143. The lowest BCUT2D eigenvalue weighted by atomic mass is 10.2. The molecule has 150 valence electrons. The van der Waals surface area contributed by atoms with Crippen molar-refractivity contribution in [3.63, 3.8) is 0 Å². The number of benzene rings is 2. The molecule has 4 N–H and O–H groups in total. The zero-order valence-electron chi connectivity index (χ0n) is 15.7. The van der Waals surface area contributed by atoms with Gasteiger partial charge in [0.05, 0.1) is 13.7 Å². The second-order valence-corrected chi connectivity index (χ2v) is 6.05. The molecule has 0 unspecified atom stereocenters. The molecule has 0 aliphatic carbocycles. The van der Waals surface area contributed by atoms with Crippen molar-refractivity contribution in [2.24, 2.45) is 5.73 Å². The van der Waals surface area contributed by atoms with Gasteiger partial charge >= 0.3 is 0 Å². The molecule has 8 heteroatoms. The first kappa shape index (κ1) is 19.8. The summed E-state index contributed by atoms with van der Waals surface area (Å²) in [4.78, 5) is 23.0. The van der Waals surface area contributed by atoms with Gasteiger partial charge in [-0.3, -0.25) is 9.59 Å². The summed E-state index contributed by atoms with van der Waals surface area (Å²) in [5.41, 5.74) is 5.93. The molecule has 0 atom stereocenters. The van der Waals surface area contributed by atoms with Gasteiger partial charge in [0.25, 0.3) is 0 Å². The molecule has 2 aromatic carbocycles. The number of ether oxygens (including phenoxy) is 2. The van der Waals surface area contributed by atoms with E-state index in [2.05, 4.69) is 5.32 Å². The Morgan fingerprint density at radius 1 is 1.21 bits per heavy atom. The first-order valence-corrected chi connectivity index (χ1v) is 8.76. The van der Waals surface area contributed by atoms with E-state index >= 15 is 0 Å². The van der Waals surface area contributed by atoms with E-state index in [9.17, 15) is 14.7 Å². The van der Waals surface area contributed by atoms with Gasteiger partial charge < -0.3 is 30.0 Å². The molecule has 0 aliphatic heterocycles. The quantitative estimate of drug-likeness (QED) is 0.397. The standard InChI is InChI=1S/C21H20N2O6/c1-27-18-4-2-3-13-11-15(29-20(13)18)6-8-19(25)23-9-10-28-17-7-5-14(21(22)26)12-16(17)24/h2-8,11-12,24H,9-10H2,1H3,(H2,22,26)(H,23,25)/b8-6+. The summed E-state index contributed by atoms with van der Waals surface area (Å²) >= 11 is 0. The van der Waals surface area contributed by atoms with E-state index in [0.29, 0.717) is 17.1 Å². The maximum atomic E-state index is 11.9. The smallest absolute Gasteiger partial charge is 0.248 e. The first-order chi connectivity index (χ1) is 14.0. The number of carbonyl (C=O) groups excluding carboxylic acids is 2. The predicted molar refractivity (Wildman–Crippen MR) is 107 cm³/mol. The van der Waals surface area contributed by atoms with Gasteiger partial charge in [0.15, 0.2) is 22.8 Å². The van der Waals surface area contributed by atoms with Crippen molar-refractivity contribution in [2.45, 2.75) is 0 Å². The molecule has 3 aromatic rings. The van der Waals surface area contributed by atoms with Crippen LogP contribution in [0.3, 0.4) is 0 Å². The number of primary amides is 1. The summed E-state index contributed by atoms with van der Waals surface area (Å²) in [6.45, 7) is 0.346. The van der Waals surface area contributed by atoms with Crippen LogP contribution in [-0.4, -0.2) is 37.2 Å². The Labute approximate surface area is 166 Å². The molecule has 8 nitrogen and oxygen atoms in total. The fourth-order valence-electron chi connectivity index (χ4n) is 2.64. The van der Waals surface area contributed by atoms with E-state index in [1.54, 1.807) is 19.3 Å². The second-order valence-electron chi connectivity index (χ2n) is 6.05. The Balaban J connectivity index is 1.49. The number of furan rings is 1. The van der Waals surface area contributed by atoms with Crippen LogP contribution in [0.1, 0.15) is 16.1 Å². The third-order valence-electron chi connectivity index (χ3n) is 4.05. The minimum absolute atomic E-state index is 0.130. The molecule has 3 rings (SSSR count). The fourth-order valence-corrected chi connectivity index (χ4v) is 2.64. The summed E-state index contributed by atoms with van der Waals surface area (Å²) < 4.78 is 16.3. The number of hydrogen-bond donors (Lipinski definition) is 3. The zero-order valence-corrected chi connectivity index (χ0v) is 15.7. The number of methoxy groups -OCH3 is 1. The Kier molecular flexibility index (Phi) is 6.03. The van der Waals surface area contributed by atoms with Crippen molar-refractivity contribution < 1.29 is 28.6 Å². The maximum absolute atomic E-state index is 11.9. The van der Waals surface area contributed by atoms with Crippen molar-refractivity contribution in [3.8, 4) is 17.2 Å². The molecular weight excluding hydrogens is 376 g/mol. The lowest BCUT2D eigenvalue weighted by Gasteiger charge is -2.09. The zero-order chi connectivity index (χ0) is 20.8. The molecule has 2 amide bonds. The highest BCUT2D eigenvalue weighted by Gasteiger charge is 2.08. The maximum Gasteiger partial charge on any atom is 0.248 e. The van der Waals surface area contributed by atoms with Gasteiger partial charge in [-0.2, -0.15) is 0 Å². The van der Waals surface area contributed by atoms with Crippen molar-refractivity contribution in [1.29, 1.82) is 0 Å². The summed E-state index contributed by atoms with van der Waals surface area (Å²) in [7, 11) is 1.56. The molecule has 0 spiro atoms. The largest absolute Gasteiger partial charge is 0.504 e. The Morgan fingerprint density at radius 2 is 2.03 bits per heavy atom. The van der Waals surface area contributed by atoms with Crippen molar-refractivity contribution in [1.82, 2.24) is 5.32 Å². The molecule has 0 radical (unpaired) electrons. The van der Waals surface area contributed by atoms with Crippen LogP contribution >= 0.6 is 0 Å². The monoisotopic (exact) mass is 396 g/mol. The molecule has 0 bridgehead atoms. The van der Waals surface area contributed by atoms with E-state index in [0.717, 1.165) is 5.39 Å². The Hall–Kier alpha value is -3.94. The van der Waals surface area contributed by atoms with E-state index in [1.807, 2.05) is 18.2 Å². The van der Waals surface area contributed by atoms with Gasteiger partial charge in [0.2, 0.25) is 11.8 Å². The van der Waals surface area contributed by atoms with Gasteiger partial charge in [-0.25, -0.2) is 0 Å². The summed E-state index contributed by atoms with van der Waals surface area (Å²) in [6, 6.07) is 11.5. The molecule has 0 aliphatic rings. The number of nitrogens with two attached hydrogens (primary N) is 1. The molecule has 1 heterocycles. The summed E-state index contributed by atoms with van der Waals surface area (Å²) in [5, 5.41) is 13.3. The summed E-state index contributed by atoms with van der Waals surface area (Å²) in [5.74, 6) is 0.165. The van der Waals surface area contributed by atoms with Crippen molar-refractivity contribution in [3.05, 3.63) is 59.9 Å². The van der Waals surface area contributed by atoms with Gasteiger partial charge in [-0.05, 0) is 36.4 Å². The molecule has 0 fully saturated rings. The number of para-hydroxylation sites is 1. The summed E-state index contributed by atoms with van der Waals surface area (Å²) in [6.07, 6.45) is 2.91. The van der Waals surface area contributed by atoms with Crippen molar-refractivity contribution in [2.75, 3.05) is 20.3 Å². The highest BCUT2D eigenvalue weighted by atomic mass is 16.5. The van der Waals surface area contributed by atoms with Gasteiger partial charge in [0.1, 0.15) is 12.4 Å². The molecule has 29 heavy (non-hydrogen) atoms. The lowest BCUT2D eigenvalue weighted by Crippen LogP contribution is -2.26. The number of hydrogen-bond acceptors (Lipinski definition) is 6. The van der Waals surface area contributed by atoms with E-state index < -0.39 is 5.91 Å². The number of fused-ring (bicyclic) bond motifs is 1. The minimum atomic E-state index is -0.645. The van der Waals surface area contributed by atoms with Crippen LogP contribution in [0.2, 0.25) is 0 Å². The number of nitrogens with one attached hydrogen (secondary N) is 1. The molecule has 1 aromatic heterocycles. The Bertz CT molecular complexity index is 1070. The van der Waals surface area contributed by atoms with E-state index in [-0.39, 0.29) is 36.1 Å². The van der Waals surface area contributed by atoms with Gasteiger partial charge in [-0.15, -0.1) is 0 Å². The number of rotatable bonds is 8. The van der Waals surface area contributed by atoms with Crippen LogP contribution in [0.25, 0.3) is 17.0 Å². The highest BCUT2D eigenvalue weighted by Crippen LogP contribution is 2.29. The second kappa shape index (κ2) is 8.83. The van der Waals surface area contributed by atoms with E-state index in [4.69, 9.17) is 19.6 Å². The van der Waals surface area contributed by atoms with Crippen LogP contribution < -0.4 is 20.5 Å². The van der Waals surface area contributed by atoms with Crippen LogP contribution in [0.4, 0.5) is 0 Å². The predicted octanol–water partition coefficient (Wildman–Crippen LogP) is 2.45. The highest BCUT2D eigenvalue weighted by molar-refractivity contribution is 5.93. The number of phenolic OH excluding ortho intramolecular Hbond substituents is 1. The molecular formula is C21H20N2O6. The Morgan fingerprint density at radius 3 is 2.76 bits per heavy atom. The average molecular weight is 396 g/mol. The number of amides is 2. The number of phenols is 1. The third kappa shape index (κ3) is 4.86. The van der Waals surface area contributed by atoms with Crippen LogP contribution in [0, 0.1) is 0 Å². The van der Waals surface area contributed by atoms with Crippen LogP contribution in [-0.2, 0) is 4.79 Å². The van der Waals surface area contributed by atoms with Crippen LogP contribution in [0.15, 0.2) is 53.0 Å².